The first-order chi connectivity index (χ1) is 6.56. The van der Waals surface area contributed by atoms with Crippen LogP contribution in [0.3, 0.4) is 0 Å². The van der Waals surface area contributed by atoms with Gasteiger partial charge in [0.25, 0.3) is 0 Å². The maximum Gasteiger partial charge on any atom is 0.330 e. The zero-order chi connectivity index (χ0) is 10.7. The molecule has 0 aliphatic rings. The standard InChI is InChI=1S/C9H13IN2O2/c1-4-14-9(13)7(3)12-5-8(10)6(2)11-12/h5,7H,4H2,1-3H3/t7-/m1/s1. The molecule has 0 radical (unpaired) electrons. The van der Waals surface area contributed by atoms with Gasteiger partial charge in [0.2, 0.25) is 0 Å². The summed E-state index contributed by atoms with van der Waals surface area (Å²) in [6.45, 7) is 5.89. The number of hydrogen-bond acceptors (Lipinski definition) is 3. The van der Waals surface area contributed by atoms with Crippen LogP contribution in [0.2, 0.25) is 0 Å². The molecule has 1 atom stereocenters. The van der Waals surface area contributed by atoms with Gasteiger partial charge in [0.1, 0.15) is 6.04 Å². The van der Waals surface area contributed by atoms with E-state index in [9.17, 15) is 4.79 Å². The normalized spacial score (nSPS) is 12.6. The average Bonchev–Trinajstić information content (AvgIpc) is 2.46. The molecule has 0 amide bonds. The molecule has 0 spiro atoms. The van der Waals surface area contributed by atoms with Crippen LogP contribution in [-0.4, -0.2) is 22.4 Å². The van der Waals surface area contributed by atoms with Gasteiger partial charge in [-0.2, -0.15) is 5.10 Å². The quantitative estimate of drug-likeness (QED) is 0.633. The van der Waals surface area contributed by atoms with Crippen LogP contribution in [-0.2, 0) is 9.53 Å². The van der Waals surface area contributed by atoms with Crippen molar-refractivity contribution in [2.45, 2.75) is 26.8 Å². The van der Waals surface area contributed by atoms with Crippen molar-refractivity contribution < 1.29 is 9.53 Å². The van der Waals surface area contributed by atoms with E-state index in [2.05, 4.69) is 27.7 Å². The molecule has 1 aromatic heterocycles. The van der Waals surface area contributed by atoms with E-state index in [1.165, 1.54) is 0 Å². The Morgan fingerprint density at radius 2 is 2.43 bits per heavy atom. The summed E-state index contributed by atoms with van der Waals surface area (Å²) < 4.78 is 7.59. The fourth-order valence-corrected chi connectivity index (χ4v) is 1.42. The number of ether oxygens (including phenoxy) is 1. The summed E-state index contributed by atoms with van der Waals surface area (Å²) in [6.07, 6.45) is 1.84. The summed E-state index contributed by atoms with van der Waals surface area (Å²) in [5.74, 6) is -0.244. The summed E-state index contributed by atoms with van der Waals surface area (Å²) in [5.41, 5.74) is 0.932. The van der Waals surface area contributed by atoms with Crippen LogP contribution in [0.15, 0.2) is 6.20 Å². The molecule has 0 fully saturated rings. The van der Waals surface area contributed by atoms with Crippen molar-refractivity contribution >= 4 is 28.6 Å². The molecule has 1 heterocycles. The van der Waals surface area contributed by atoms with E-state index in [1.54, 1.807) is 18.5 Å². The Morgan fingerprint density at radius 1 is 1.79 bits per heavy atom. The van der Waals surface area contributed by atoms with E-state index in [0.29, 0.717) is 6.61 Å². The molecular weight excluding hydrogens is 295 g/mol. The molecule has 78 valence electrons. The molecule has 0 aliphatic heterocycles. The van der Waals surface area contributed by atoms with Crippen LogP contribution in [0.4, 0.5) is 0 Å². The Bertz CT molecular complexity index is 316. The predicted molar refractivity (Wildman–Crippen MR) is 61.0 cm³/mol. The fourth-order valence-electron chi connectivity index (χ4n) is 1.03. The lowest BCUT2D eigenvalue weighted by Crippen LogP contribution is -2.19. The van der Waals surface area contributed by atoms with Crippen LogP contribution >= 0.6 is 22.6 Å². The third-order valence-corrected chi connectivity index (χ3v) is 2.94. The molecular formula is C9H13IN2O2. The minimum atomic E-state index is -0.350. The predicted octanol–water partition coefficient (Wildman–Crippen LogP) is 1.92. The van der Waals surface area contributed by atoms with Crippen molar-refractivity contribution in [3.05, 3.63) is 15.5 Å². The van der Waals surface area contributed by atoms with E-state index in [1.807, 2.05) is 13.1 Å². The minimum absolute atomic E-state index is 0.244. The molecule has 0 bridgehead atoms. The van der Waals surface area contributed by atoms with Crippen molar-refractivity contribution in [2.24, 2.45) is 0 Å². The number of hydrogen-bond donors (Lipinski definition) is 0. The summed E-state index contributed by atoms with van der Waals surface area (Å²) in [7, 11) is 0. The first-order valence-electron chi connectivity index (χ1n) is 4.44. The lowest BCUT2D eigenvalue weighted by atomic mass is 10.3. The van der Waals surface area contributed by atoms with Crippen LogP contribution in [0.5, 0.6) is 0 Å². The van der Waals surface area contributed by atoms with Gasteiger partial charge in [-0.25, -0.2) is 4.79 Å². The molecule has 4 nitrogen and oxygen atoms in total. The minimum Gasteiger partial charge on any atom is -0.464 e. The summed E-state index contributed by atoms with van der Waals surface area (Å²) >= 11 is 2.19. The molecule has 0 aromatic carbocycles. The lowest BCUT2D eigenvalue weighted by molar-refractivity contribution is -0.146. The van der Waals surface area contributed by atoms with E-state index in [4.69, 9.17) is 4.74 Å². The number of esters is 1. The van der Waals surface area contributed by atoms with Gasteiger partial charge in [-0.3, -0.25) is 4.68 Å². The Balaban J connectivity index is 2.78. The zero-order valence-electron chi connectivity index (χ0n) is 8.45. The van der Waals surface area contributed by atoms with Crippen LogP contribution < -0.4 is 0 Å². The molecule has 1 aromatic rings. The highest BCUT2D eigenvalue weighted by Gasteiger charge is 2.17. The van der Waals surface area contributed by atoms with Gasteiger partial charge in [-0.05, 0) is 43.4 Å². The van der Waals surface area contributed by atoms with Gasteiger partial charge in [0.05, 0.1) is 15.9 Å². The van der Waals surface area contributed by atoms with Gasteiger partial charge >= 0.3 is 5.97 Å². The second-order valence-corrected chi connectivity index (χ2v) is 4.13. The first kappa shape index (κ1) is 11.5. The first-order valence-corrected chi connectivity index (χ1v) is 5.52. The van der Waals surface area contributed by atoms with Crippen molar-refractivity contribution in [1.29, 1.82) is 0 Å². The van der Waals surface area contributed by atoms with Crippen molar-refractivity contribution in [3.8, 4) is 0 Å². The third kappa shape index (κ3) is 2.46. The second kappa shape index (κ2) is 4.77. The number of carbonyl (C=O) groups is 1. The van der Waals surface area contributed by atoms with E-state index < -0.39 is 0 Å². The van der Waals surface area contributed by atoms with Gasteiger partial charge in [0, 0.05) is 6.20 Å². The number of rotatable bonds is 3. The molecule has 5 heteroatoms. The molecule has 1 rings (SSSR count). The highest BCUT2D eigenvalue weighted by molar-refractivity contribution is 14.1. The number of aromatic nitrogens is 2. The molecule has 0 saturated heterocycles. The number of carbonyl (C=O) groups excluding carboxylic acids is 1. The summed E-state index contributed by atoms with van der Waals surface area (Å²) in [5, 5.41) is 4.22. The Labute approximate surface area is 96.8 Å². The van der Waals surface area contributed by atoms with Crippen LogP contribution in [0.1, 0.15) is 25.6 Å². The molecule has 0 unspecified atom stereocenters. The maximum absolute atomic E-state index is 11.4. The van der Waals surface area contributed by atoms with Crippen molar-refractivity contribution in [2.75, 3.05) is 6.61 Å². The number of aryl methyl sites for hydroxylation is 1. The molecule has 14 heavy (non-hydrogen) atoms. The maximum atomic E-state index is 11.4. The smallest absolute Gasteiger partial charge is 0.330 e. The van der Waals surface area contributed by atoms with E-state index in [0.717, 1.165) is 9.26 Å². The zero-order valence-corrected chi connectivity index (χ0v) is 10.6. The number of halogens is 1. The van der Waals surface area contributed by atoms with Gasteiger partial charge in [-0.1, -0.05) is 0 Å². The van der Waals surface area contributed by atoms with Gasteiger partial charge < -0.3 is 4.74 Å². The second-order valence-electron chi connectivity index (χ2n) is 2.97. The largest absolute Gasteiger partial charge is 0.464 e. The Hall–Kier alpha value is -0.590. The van der Waals surface area contributed by atoms with E-state index >= 15 is 0 Å². The highest BCUT2D eigenvalue weighted by atomic mass is 127. The van der Waals surface area contributed by atoms with Gasteiger partial charge in [0.15, 0.2) is 0 Å². The Morgan fingerprint density at radius 3 is 2.86 bits per heavy atom. The number of nitrogens with zero attached hydrogens (tertiary/aromatic N) is 2. The summed E-state index contributed by atoms with van der Waals surface area (Å²) in [4.78, 5) is 11.4. The van der Waals surface area contributed by atoms with E-state index in [-0.39, 0.29) is 12.0 Å². The topological polar surface area (TPSA) is 44.1 Å². The molecule has 0 saturated carbocycles. The molecule has 0 N–H and O–H groups in total. The highest BCUT2D eigenvalue weighted by Crippen LogP contribution is 2.13. The Kier molecular flexibility index (Phi) is 3.91. The van der Waals surface area contributed by atoms with Crippen molar-refractivity contribution in [3.63, 3.8) is 0 Å². The summed E-state index contributed by atoms with van der Waals surface area (Å²) in [6, 6.07) is -0.350. The van der Waals surface area contributed by atoms with Gasteiger partial charge in [-0.15, -0.1) is 0 Å². The third-order valence-electron chi connectivity index (χ3n) is 1.88. The molecule has 0 aliphatic carbocycles. The monoisotopic (exact) mass is 308 g/mol. The SMILES string of the molecule is CCOC(=O)[C@@H](C)n1cc(I)c(C)n1. The average molecular weight is 308 g/mol. The van der Waals surface area contributed by atoms with Crippen molar-refractivity contribution in [1.82, 2.24) is 9.78 Å². The van der Waals surface area contributed by atoms with Crippen LogP contribution in [0, 0.1) is 10.5 Å². The van der Waals surface area contributed by atoms with Crippen LogP contribution in [0.25, 0.3) is 0 Å². The lowest BCUT2D eigenvalue weighted by Gasteiger charge is -2.10. The fraction of sp³-hybridized carbons (Fsp3) is 0.556.